The number of carbonyl (C=O) groups is 1. The summed E-state index contributed by atoms with van der Waals surface area (Å²) in [4.78, 5) is 10.7. The highest BCUT2D eigenvalue weighted by Gasteiger charge is 2.41. The summed E-state index contributed by atoms with van der Waals surface area (Å²) in [6.07, 6.45) is 0.0497. The van der Waals surface area contributed by atoms with Crippen molar-refractivity contribution in [2.24, 2.45) is 5.73 Å². The largest absolute Gasteiger partial charge is 0.489 e. The highest BCUT2D eigenvalue weighted by Crippen LogP contribution is 2.43. The summed E-state index contributed by atoms with van der Waals surface area (Å²) in [5, 5.41) is 0. The van der Waals surface area contributed by atoms with Crippen LogP contribution in [0, 0.1) is 0 Å². The lowest BCUT2D eigenvalue weighted by Gasteiger charge is -2.08. The van der Waals surface area contributed by atoms with E-state index in [0.717, 1.165) is 27.8 Å². The fourth-order valence-electron chi connectivity index (χ4n) is 2.41. The number of primary amides is 1. The third-order valence-electron chi connectivity index (χ3n) is 3.60. The normalized spacial score (nSPS) is 19.5. The Kier molecular flexibility index (Phi) is 4.34. The lowest BCUT2D eigenvalue weighted by Crippen LogP contribution is -2.14. The van der Waals surface area contributed by atoms with E-state index in [2.05, 4.69) is 15.9 Å². The van der Waals surface area contributed by atoms with Gasteiger partial charge in [-0.05, 0) is 41.8 Å². The fraction of sp³-hybridized carbons (Fsp3) is 0.235. The lowest BCUT2D eigenvalue weighted by molar-refractivity contribution is 0.147. The quantitative estimate of drug-likeness (QED) is 0.875. The van der Waals surface area contributed by atoms with Crippen molar-refractivity contribution >= 4 is 22.0 Å². The second kappa shape index (κ2) is 6.40. The highest BCUT2D eigenvalue weighted by molar-refractivity contribution is 9.10. The molecule has 1 saturated carbocycles. The van der Waals surface area contributed by atoms with Crippen molar-refractivity contribution in [2.45, 2.75) is 25.0 Å². The van der Waals surface area contributed by atoms with Gasteiger partial charge in [0.1, 0.15) is 18.5 Å². The standard InChI is InChI=1S/C17H16BrNO3/c18-13-3-1-2-11(8-13)10-21-14-6-4-12(5-7-14)15-9-16(15)22-17(19)20/h1-8,15-16H,9-10H2,(H2,19,20)/t15-,16+/m0/s1. The molecule has 114 valence electrons. The molecule has 1 amide bonds. The number of rotatable bonds is 5. The van der Waals surface area contributed by atoms with Gasteiger partial charge in [-0.25, -0.2) is 4.79 Å². The molecular weight excluding hydrogens is 346 g/mol. The summed E-state index contributed by atoms with van der Waals surface area (Å²) in [5.74, 6) is 1.07. The second-order valence-corrected chi connectivity index (χ2v) is 6.22. The van der Waals surface area contributed by atoms with Gasteiger partial charge in [-0.1, -0.05) is 40.2 Å². The van der Waals surface area contributed by atoms with E-state index in [1.807, 2.05) is 48.5 Å². The Balaban J connectivity index is 1.55. The predicted octanol–water partition coefficient (Wildman–Crippen LogP) is 3.98. The van der Waals surface area contributed by atoms with Crippen molar-refractivity contribution in [3.8, 4) is 5.75 Å². The molecule has 0 saturated heterocycles. The molecule has 5 heteroatoms. The van der Waals surface area contributed by atoms with Crippen molar-refractivity contribution < 1.29 is 14.3 Å². The van der Waals surface area contributed by atoms with Crippen molar-refractivity contribution in [1.82, 2.24) is 0 Å². The van der Waals surface area contributed by atoms with Crippen LogP contribution in [0.4, 0.5) is 4.79 Å². The Labute approximate surface area is 137 Å². The predicted molar refractivity (Wildman–Crippen MR) is 86.7 cm³/mol. The van der Waals surface area contributed by atoms with Crippen molar-refractivity contribution in [2.75, 3.05) is 0 Å². The molecule has 22 heavy (non-hydrogen) atoms. The first-order valence-corrected chi connectivity index (χ1v) is 7.84. The first-order valence-electron chi connectivity index (χ1n) is 7.05. The third-order valence-corrected chi connectivity index (χ3v) is 4.10. The molecule has 1 aliphatic rings. The van der Waals surface area contributed by atoms with E-state index in [9.17, 15) is 4.79 Å². The molecule has 2 aromatic rings. The molecule has 2 N–H and O–H groups in total. The Morgan fingerprint density at radius 3 is 2.68 bits per heavy atom. The van der Waals surface area contributed by atoms with E-state index in [1.54, 1.807) is 0 Å². The summed E-state index contributed by atoms with van der Waals surface area (Å²) in [6, 6.07) is 15.9. The van der Waals surface area contributed by atoms with Crippen LogP contribution in [0.5, 0.6) is 5.75 Å². The maximum Gasteiger partial charge on any atom is 0.404 e. The van der Waals surface area contributed by atoms with Crippen molar-refractivity contribution in [3.05, 3.63) is 64.1 Å². The molecule has 3 rings (SSSR count). The number of hydrogen-bond donors (Lipinski definition) is 1. The molecule has 0 aromatic heterocycles. The van der Waals surface area contributed by atoms with Crippen LogP contribution in [0.3, 0.4) is 0 Å². The van der Waals surface area contributed by atoms with E-state index in [1.165, 1.54) is 0 Å². The molecule has 0 heterocycles. The van der Waals surface area contributed by atoms with Crippen LogP contribution < -0.4 is 10.5 Å². The van der Waals surface area contributed by atoms with Gasteiger partial charge in [0.15, 0.2) is 0 Å². The summed E-state index contributed by atoms with van der Waals surface area (Å²) in [5.41, 5.74) is 7.27. The monoisotopic (exact) mass is 361 g/mol. The number of hydrogen-bond acceptors (Lipinski definition) is 3. The number of ether oxygens (including phenoxy) is 2. The Bertz CT molecular complexity index is 672. The highest BCUT2D eigenvalue weighted by atomic mass is 79.9. The average molecular weight is 362 g/mol. The molecule has 2 aromatic carbocycles. The number of nitrogens with two attached hydrogens (primary N) is 1. The third kappa shape index (κ3) is 3.80. The van der Waals surface area contributed by atoms with E-state index in [-0.39, 0.29) is 12.0 Å². The van der Waals surface area contributed by atoms with Gasteiger partial charge in [0, 0.05) is 10.4 Å². The molecule has 2 atom stereocenters. The SMILES string of the molecule is NC(=O)O[C@@H]1C[C@H]1c1ccc(OCc2cccc(Br)c2)cc1. The van der Waals surface area contributed by atoms with E-state index in [0.29, 0.717) is 6.61 Å². The van der Waals surface area contributed by atoms with Crippen LogP contribution in [0.15, 0.2) is 53.0 Å². The van der Waals surface area contributed by atoms with Crippen LogP contribution in [-0.4, -0.2) is 12.2 Å². The minimum atomic E-state index is -0.707. The van der Waals surface area contributed by atoms with Crippen molar-refractivity contribution in [1.29, 1.82) is 0 Å². The molecule has 4 nitrogen and oxygen atoms in total. The van der Waals surface area contributed by atoms with Gasteiger partial charge in [-0.15, -0.1) is 0 Å². The molecular formula is C17H16BrNO3. The lowest BCUT2D eigenvalue weighted by atomic mass is 10.1. The van der Waals surface area contributed by atoms with Crippen LogP contribution in [0.25, 0.3) is 0 Å². The van der Waals surface area contributed by atoms with Crippen LogP contribution in [-0.2, 0) is 11.3 Å². The minimum absolute atomic E-state index is 0.0778. The number of halogens is 1. The van der Waals surface area contributed by atoms with Gasteiger partial charge < -0.3 is 15.2 Å². The zero-order valence-electron chi connectivity index (χ0n) is 11.9. The number of benzene rings is 2. The molecule has 0 aliphatic heterocycles. The van der Waals surface area contributed by atoms with Gasteiger partial charge in [-0.2, -0.15) is 0 Å². The molecule has 1 aliphatic carbocycles. The first kappa shape index (κ1) is 14.9. The topological polar surface area (TPSA) is 61.6 Å². The molecule has 0 spiro atoms. The molecule has 0 bridgehead atoms. The smallest absolute Gasteiger partial charge is 0.404 e. The zero-order chi connectivity index (χ0) is 15.5. The number of amides is 1. The zero-order valence-corrected chi connectivity index (χ0v) is 13.5. The first-order chi connectivity index (χ1) is 10.6. The van der Waals surface area contributed by atoms with E-state index in [4.69, 9.17) is 15.2 Å². The van der Waals surface area contributed by atoms with Gasteiger partial charge in [-0.3, -0.25) is 0 Å². The summed E-state index contributed by atoms with van der Waals surface area (Å²) < 4.78 is 11.8. The molecule has 0 unspecified atom stereocenters. The van der Waals surface area contributed by atoms with Gasteiger partial charge in [0.25, 0.3) is 0 Å². The molecule has 0 radical (unpaired) electrons. The fourth-order valence-corrected chi connectivity index (χ4v) is 2.85. The Morgan fingerprint density at radius 2 is 2.00 bits per heavy atom. The molecule has 1 fully saturated rings. The maximum atomic E-state index is 10.7. The van der Waals surface area contributed by atoms with E-state index < -0.39 is 6.09 Å². The van der Waals surface area contributed by atoms with E-state index >= 15 is 0 Å². The van der Waals surface area contributed by atoms with Gasteiger partial charge in [0.2, 0.25) is 0 Å². The minimum Gasteiger partial charge on any atom is -0.489 e. The van der Waals surface area contributed by atoms with Gasteiger partial charge in [0.05, 0.1) is 0 Å². The van der Waals surface area contributed by atoms with Gasteiger partial charge >= 0.3 is 6.09 Å². The van der Waals surface area contributed by atoms with Crippen LogP contribution in [0.2, 0.25) is 0 Å². The van der Waals surface area contributed by atoms with Crippen molar-refractivity contribution in [3.63, 3.8) is 0 Å². The summed E-state index contributed by atoms with van der Waals surface area (Å²) in [6.45, 7) is 0.523. The number of carbonyl (C=O) groups excluding carboxylic acids is 1. The maximum absolute atomic E-state index is 10.7. The summed E-state index contributed by atoms with van der Waals surface area (Å²) >= 11 is 3.44. The second-order valence-electron chi connectivity index (χ2n) is 5.31. The average Bonchev–Trinajstić information content (AvgIpc) is 3.24. The summed E-state index contributed by atoms with van der Waals surface area (Å²) in [7, 11) is 0. The Hall–Kier alpha value is -2.01. The Morgan fingerprint density at radius 1 is 1.23 bits per heavy atom. The van der Waals surface area contributed by atoms with Crippen LogP contribution in [0.1, 0.15) is 23.5 Å². The van der Waals surface area contributed by atoms with Crippen LogP contribution >= 0.6 is 15.9 Å².